The van der Waals surface area contributed by atoms with E-state index >= 15 is 0 Å². The molecule has 0 aliphatic heterocycles. The Morgan fingerprint density at radius 1 is 1.09 bits per heavy atom. The van der Waals surface area contributed by atoms with Crippen molar-refractivity contribution in [2.75, 3.05) is 7.11 Å². The highest BCUT2D eigenvalue weighted by Gasteiger charge is 2.12. The molecule has 0 fully saturated rings. The predicted molar refractivity (Wildman–Crippen MR) is 83.3 cm³/mol. The first-order valence-corrected chi connectivity index (χ1v) is 7.06. The third-order valence-corrected chi connectivity index (χ3v) is 3.48. The van der Waals surface area contributed by atoms with Crippen LogP contribution >= 0.6 is 0 Å². The lowest BCUT2D eigenvalue weighted by Crippen LogP contribution is -2.35. The van der Waals surface area contributed by atoms with Gasteiger partial charge in [-0.15, -0.1) is 0 Å². The van der Waals surface area contributed by atoms with Gasteiger partial charge in [-0.1, -0.05) is 30.3 Å². The highest BCUT2D eigenvalue weighted by Crippen LogP contribution is 2.14. The third-order valence-electron chi connectivity index (χ3n) is 3.48. The minimum atomic E-state index is 0.0954. The molecule has 0 radical (unpaired) electrons. The van der Waals surface area contributed by atoms with E-state index in [1.807, 2.05) is 82.5 Å². The number of hydrogen-bond donors (Lipinski definition) is 0. The molecule has 0 saturated carbocycles. The van der Waals surface area contributed by atoms with Crippen LogP contribution in [0.15, 0.2) is 73.3 Å². The summed E-state index contributed by atoms with van der Waals surface area (Å²) >= 11 is 0. The van der Waals surface area contributed by atoms with Crippen LogP contribution in [0.4, 0.5) is 0 Å². The van der Waals surface area contributed by atoms with Crippen molar-refractivity contribution in [1.82, 2.24) is 4.57 Å². The lowest BCUT2D eigenvalue weighted by atomic mass is 10.1. The van der Waals surface area contributed by atoms with E-state index in [2.05, 4.69) is 0 Å². The minimum absolute atomic E-state index is 0.0954. The third kappa shape index (κ3) is 3.06. The molecule has 0 bridgehead atoms. The summed E-state index contributed by atoms with van der Waals surface area (Å²) in [6.45, 7) is 0.327. The maximum Gasteiger partial charge on any atom is 0.249 e. The summed E-state index contributed by atoms with van der Waals surface area (Å²) in [4.78, 5) is 12.2. The van der Waals surface area contributed by atoms with Crippen molar-refractivity contribution in [3.63, 3.8) is 0 Å². The molecule has 3 rings (SSSR count). The van der Waals surface area contributed by atoms with Crippen molar-refractivity contribution in [2.24, 2.45) is 0 Å². The Kier molecular flexibility index (Phi) is 4.01. The number of carbonyl (C=O) groups excluding carboxylic acids is 1. The molecule has 0 unspecified atom stereocenters. The van der Waals surface area contributed by atoms with Gasteiger partial charge in [0.15, 0.2) is 6.54 Å². The molecule has 0 aliphatic rings. The summed E-state index contributed by atoms with van der Waals surface area (Å²) in [5.41, 5.74) is 1.75. The molecule has 0 amide bonds. The maximum atomic E-state index is 12.2. The van der Waals surface area contributed by atoms with Crippen LogP contribution in [0.3, 0.4) is 0 Å². The quantitative estimate of drug-likeness (QED) is 0.535. The van der Waals surface area contributed by atoms with E-state index in [9.17, 15) is 4.79 Å². The van der Waals surface area contributed by atoms with Gasteiger partial charge in [0.2, 0.25) is 12.1 Å². The number of ether oxygens (including phenoxy) is 1. The highest BCUT2D eigenvalue weighted by atomic mass is 16.5. The first-order chi connectivity index (χ1) is 10.8. The van der Waals surface area contributed by atoms with Crippen LogP contribution in [-0.2, 0) is 6.54 Å². The largest absolute Gasteiger partial charge is 0.497 e. The van der Waals surface area contributed by atoms with E-state index in [4.69, 9.17) is 4.74 Å². The summed E-state index contributed by atoms with van der Waals surface area (Å²) in [7, 11) is 1.65. The van der Waals surface area contributed by atoms with Crippen molar-refractivity contribution in [1.29, 1.82) is 0 Å². The van der Waals surface area contributed by atoms with Crippen LogP contribution in [-0.4, -0.2) is 17.5 Å². The molecule has 1 aromatic heterocycles. The second kappa shape index (κ2) is 6.26. The molecular weight excluding hydrogens is 276 g/mol. The summed E-state index contributed by atoms with van der Waals surface area (Å²) in [6.07, 6.45) is 5.73. The normalized spacial score (nSPS) is 10.4. The van der Waals surface area contributed by atoms with Crippen molar-refractivity contribution >= 4 is 5.78 Å². The number of imidazole rings is 1. The van der Waals surface area contributed by atoms with E-state index in [-0.39, 0.29) is 5.78 Å². The molecule has 4 nitrogen and oxygen atoms in total. The van der Waals surface area contributed by atoms with Gasteiger partial charge in [0.25, 0.3) is 0 Å². The zero-order chi connectivity index (χ0) is 15.4. The van der Waals surface area contributed by atoms with E-state index < -0.39 is 0 Å². The van der Waals surface area contributed by atoms with Crippen LogP contribution < -0.4 is 9.30 Å². The molecule has 0 saturated heterocycles. The molecule has 3 aromatic rings. The number of methoxy groups -OCH3 is 1. The van der Waals surface area contributed by atoms with Gasteiger partial charge in [0.1, 0.15) is 23.8 Å². The van der Waals surface area contributed by atoms with Crippen LogP contribution in [0, 0.1) is 0 Å². The van der Waals surface area contributed by atoms with Gasteiger partial charge in [-0.05, 0) is 24.3 Å². The Morgan fingerprint density at radius 2 is 1.82 bits per heavy atom. The lowest BCUT2D eigenvalue weighted by Gasteiger charge is -2.00. The summed E-state index contributed by atoms with van der Waals surface area (Å²) in [5.74, 6) is 0.918. The van der Waals surface area contributed by atoms with Crippen molar-refractivity contribution in [3.8, 4) is 11.4 Å². The van der Waals surface area contributed by atoms with Gasteiger partial charge in [-0.25, -0.2) is 9.13 Å². The van der Waals surface area contributed by atoms with Crippen LogP contribution in [0.2, 0.25) is 0 Å². The van der Waals surface area contributed by atoms with Gasteiger partial charge in [0, 0.05) is 5.56 Å². The molecule has 110 valence electrons. The number of rotatable bonds is 5. The van der Waals surface area contributed by atoms with Crippen molar-refractivity contribution in [2.45, 2.75) is 6.54 Å². The number of carbonyl (C=O) groups is 1. The lowest BCUT2D eigenvalue weighted by molar-refractivity contribution is -0.682. The van der Waals surface area contributed by atoms with Gasteiger partial charge in [-0.3, -0.25) is 4.79 Å². The molecular formula is C18H17N2O2+. The Hall–Kier alpha value is -2.88. The van der Waals surface area contributed by atoms with Gasteiger partial charge >= 0.3 is 0 Å². The van der Waals surface area contributed by atoms with Crippen LogP contribution in [0.5, 0.6) is 5.75 Å². The van der Waals surface area contributed by atoms with E-state index in [1.165, 1.54) is 0 Å². The first kappa shape index (κ1) is 14.1. The van der Waals surface area contributed by atoms with E-state index in [0.717, 1.165) is 17.0 Å². The smallest absolute Gasteiger partial charge is 0.249 e. The summed E-state index contributed by atoms with van der Waals surface area (Å²) in [6, 6.07) is 17.1. The molecule has 4 heteroatoms. The van der Waals surface area contributed by atoms with Crippen LogP contribution in [0.25, 0.3) is 5.69 Å². The summed E-state index contributed by atoms with van der Waals surface area (Å²) < 4.78 is 9.00. The average molecular weight is 293 g/mol. The Bertz CT molecular complexity index is 761. The van der Waals surface area contributed by atoms with E-state index in [0.29, 0.717) is 6.54 Å². The molecule has 0 atom stereocenters. The zero-order valence-electron chi connectivity index (χ0n) is 12.3. The fourth-order valence-corrected chi connectivity index (χ4v) is 2.28. The Balaban J connectivity index is 1.74. The number of nitrogens with zero attached hydrogens (tertiary/aromatic N) is 2. The number of benzene rings is 2. The molecule has 0 N–H and O–H groups in total. The molecule has 22 heavy (non-hydrogen) atoms. The fourth-order valence-electron chi connectivity index (χ4n) is 2.28. The maximum absolute atomic E-state index is 12.2. The predicted octanol–water partition coefficient (Wildman–Crippen LogP) is 2.66. The number of Topliss-reactive ketones (excluding diaryl/α,β-unsaturated/α-hetero) is 1. The van der Waals surface area contributed by atoms with E-state index in [1.54, 1.807) is 7.11 Å². The SMILES string of the molecule is COc1ccc(-n2cc[n+](CC(=O)c3ccccc3)c2)cc1. The van der Waals surface area contributed by atoms with Gasteiger partial charge in [-0.2, -0.15) is 0 Å². The molecule has 2 aromatic carbocycles. The molecule has 0 spiro atoms. The molecule has 1 heterocycles. The standard InChI is InChI=1S/C18H17N2O2/c1-22-17-9-7-16(8-10-17)20-12-11-19(14-20)13-18(21)15-5-3-2-4-6-15/h2-12,14H,13H2,1H3/q+1. The molecule has 0 aliphatic carbocycles. The Labute approximate surface area is 129 Å². The summed E-state index contributed by atoms with van der Waals surface area (Å²) in [5, 5.41) is 0. The Morgan fingerprint density at radius 3 is 2.50 bits per heavy atom. The number of hydrogen-bond acceptors (Lipinski definition) is 2. The average Bonchev–Trinajstić information content (AvgIpc) is 3.04. The van der Waals surface area contributed by atoms with Crippen LogP contribution in [0.1, 0.15) is 10.4 Å². The number of ketones is 1. The first-order valence-electron chi connectivity index (χ1n) is 7.06. The van der Waals surface area contributed by atoms with Gasteiger partial charge in [0.05, 0.1) is 7.11 Å². The van der Waals surface area contributed by atoms with Crippen molar-refractivity contribution in [3.05, 3.63) is 78.9 Å². The number of aromatic nitrogens is 2. The second-order valence-electron chi connectivity index (χ2n) is 4.98. The monoisotopic (exact) mass is 293 g/mol. The zero-order valence-corrected chi connectivity index (χ0v) is 12.3. The van der Waals surface area contributed by atoms with Gasteiger partial charge < -0.3 is 4.74 Å². The second-order valence-corrected chi connectivity index (χ2v) is 4.98. The minimum Gasteiger partial charge on any atom is -0.497 e. The highest BCUT2D eigenvalue weighted by molar-refractivity contribution is 5.94. The van der Waals surface area contributed by atoms with Crippen molar-refractivity contribution < 1.29 is 14.1 Å². The topological polar surface area (TPSA) is 35.1 Å². The fraction of sp³-hybridized carbons (Fsp3) is 0.111.